The van der Waals surface area contributed by atoms with Crippen molar-refractivity contribution in [3.63, 3.8) is 0 Å². The quantitative estimate of drug-likeness (QED) is 0.306. The average molecular weight is 498 g/mol. The van der Waals surface area contributed by atoms with E-state index >= 15 is 0 Å². The SMILES string of the molecule is COC(=O)[C@H]1[C@@H](c2ccc(F)cc2)C[C@@H]2CC[C@H]1N2CCCN(CCS)CC(=O)NCCS. The molecule has 1 amide bonds. The number of fused-ring (bicyclic) bond motifs is 2. The van der Waals surface area contributed by atoms with Crippen LogP contribution in [0.4, 0.5) is 4.39 Å². The van der Waals surface area contributed by atoms with Crippen LogP contribution in [0.2, 0.25) is 0 Å². The van der Waals surface area contributed by atoms with Crippen molar-refractivity contribution in [2.75, 3.05) is 51.3 Å². The average Bonchev–Trinajstić information content (AvgIpc) is 3.08. The second kappa shape index (κ2) is 13.0. The molecule has 2 saturated heterocycles. The summed E-state index contributed by atoms with van der Waals surface area (Å²) in [6, 6.07) is 7.09. The van der Waals surface area contributed by atoms with Crippen molar-refractivity contribution in [1.29, 1.82) is 0 Å². The van der Waals surface area contributed by atoms with Crippen molar-refractivity contribution in [2.24, 2.45) is 5.92 Å². The Labute approximate surface area is 207 Å². The van der Waals surface area contributed by atoms with E-state index in [1.807, 2.05) is 0 Å². The van der Waals surface area contributed by atoms with Crippen LogP contribution in [0.3, 0.4) is 0 Å². The number of benzene rings is 1. The molecule has 4 atom stereocenters. The molecule has 33 heavy (non-hydrogen) atoms. The number of hydrogen-bond donors (Lipinski definition) is 3. The van der Waals surface area contributed by atoms with Gasteiger partial charge in [-0.1, -0.05) is 12.1 Å². The maximum atomic E-state index is 13.5. The summed E-state index contributed by atoms with van der Waals surface area (Å²) in [6.45, 7) is 3.35. The number of carbonyl (C=O) groups is 2. The zero-order valence-electron chi connectivity index (χ0n) is 19.3. The first-order valence-corrected chi connectivity index (χ1v) is 13.0. The Bertz CT molecular complexity index is 783. The molecule has 0 aromatic heterocycles. The Morgan fingerprint density at radius 2 is 1.94 bits per heavy atom. The molecule has 2 fully saturated rings. The third kappa shape index (κ3) is 6.87. The van der Waals surface area contributed by atoms with Crippen LogP contribution >= 0.6 is 25.3 Å². The van der Waals surface area contributed by atoms with Gasteiger partial charge in [0.2, 0.25) is 5.91 Å². The fourth-order valence-corrected chi connectivity index (χ4v) is 5.91. The second-order valence-electron chi connectivity index (χ2n) is 8.91. The van der Waals surface area contributed by atoms with Crippen molar-refractivity contribution in [1.82, 2.24) is 15.1 Å². The molecule has 184 valence electrons. The molecular formula is C24H36FN3O3S2. The van der Waals surface area contributed by atoms with Crippen molar-refractivity contribution < 1.29 is 18.7 Å². The van der Waals surface area contributed by atoms with Gasteiger partial charge in [-0.3, -0.25) is 19.4 Å². The van der Waals surface area contributed by atoms with E-state index < -0.39 is 0 Å². The molecule has 2 bridgehead atoms. The summed E-state index contributed by atoms with van der Waals surface area (Å²) in [4.78, 5) is 29.6. The standard InChI is InChI=1S/C24H36FN3O3S2/c1-31-24(30)23-20(17-3-5-18(25)6-4-17)15-19-7-8-21(23)28(19)11-2-10-27(12-14-33)16-22(29)26-9-13-32/h3-6,19-21,23,32-33H,2,7-16H2,1H3,(H,26,29)/t19-,20+,21+,23-/m0/s1. The molecule has 6 nitrogen and oxygen atoms in total. The summed E-state index contributed by atoms with van der Waals surface area (Å²) < 4.78 is 18.7. The number of methoxy groups -OCH3 is 1. The minimum Gasteiger partial charge on any atom is -0.469 e. The summed E-state index contributed by atoms with van der Waals surface area (Å²) in [6.07, 6.45) is 3.81. The van der Waals surface area contributed by atoms with Gasteiger partial charge in [0.25, 0.3) is 0 Å². The third-order valence-electron chi connectivity index (χ3n) is 6.94. The molecule has 2 aliphatic heterocycles. The van der Waals surface area contributed by atoms with E-state index in [4.69, 9.17) is 4.74 Å². The normalized spacial score (nSPS) is 24.8. The Morgan fingerprint density at radius 3 is 2.61 bits per heavy atom. The van der Waals surface area contributed by atoms with Gasteiger partial charge >= 0.3 is 5.97 Å². The number of ether oxygens (including phenoxy) is 1. The van der Waals surface area contributed by atoms with Crippen LogP contribution in [0.15, 0.2) is 24.3 Å². The number of rotatable bonds is 12. The van der Waals surface area contributed by atoms with Gasteiger partial charge < -0.3 is 10.1 Å². The van der Waals surface area contributed by atoms with Gasteiger partial charge in [0, 0.05) is 42.6 Å². The molecule has 0 saturated carbocycles. The molecule has 2 heterocycles. The number of piperidine rings is 1. The van der Waals surface area contributed by atoms with Gasteiger partial charge in [-0.2, -0.15) is 25.3 Å². The highest BCUT2D eigenvalue weighted by Gasteiger charge is 2.50. The molecule has 0 aliphatic carbocycles. The van der Waals surface area contributed by atoms with Crippen molar-refractivity contribution >= 4 is 37.1 Å². The van der Waals surface area contributed by atoms with Crippen LogP contribution in [-0.2, 0) is 14.3 Å². The monoisotopic (exact) mass is 497 g/mol. The molecule has 2 aliphatic rings. The maximum absolute atomic E-state index is 13.5. The van der Waals surface area contributed by atoms with Crippen LogP contribution in [0.5, 0.6) is 0 Å². The third-order valence-corrected chi connectivity index (χ3v) is 7.37. The summed E-state index contributed by atoms with van der Waals surface area (Å²) >= 11 is 8.47. The summed E-state index contributed by atoms with van der Waals surface area (Å²) in [7, 11) is 1.45. The number of hydrogen-bond acceptors (Lipinski definition) is 7. The lowest BCUT2D eigenvalue weighted by Gasteiger charge is -2.44. The predicted octanol–water partition coefficient (Wildman–Crippen LogP) is 2.60. The Hall–Kier alpha value is -1.29. The number of carbonyl (C=O) groups excluding carboxylic acids is 2. The summed E-state index contributed by atoms with van der Waals surface area (Å²) in [5.41, 5.74) is 1.01. The van der Waals surface area contributed by atoms with Crippen molar-refractivity contribution in [2.45, 2.75) is 43.7 Å². The zero-order chi connectivity index (χ0) is 23.8. The molecular weight excluding hydrogens is 461 g/mol. The molecule has 0 radical (unpaired) electrons. The Kier molecular flexibility index (Phi) is 10.3. The molecule has 9 heteroatoms. The molecule has 1 aromatic carbocycles. The minimum absolute atomic E-state index is 0.0109. The second-order valence-corrected chi connectivity index (χ2v) is 9.80. The van der Waals surface area contributed by atoms with Gasteiger partial charge in [0.15, 0.2) is 0 Å². The predicted molar refractivity (Wildman–Crippen MR) is 135 cm³/mol. The van der Waals surface area contributed by atoms with E-state index in [-0.39, 0.29) is 35.6 Å². The number of thiol groups is 2. The topological polar surface area (TPSA) is 61.9 Å². The Morgan fingerprint density at radius 1 is 1.18 bits per heavy atom. The number of nitrogens with zero attached hydrogens (tertiary/aromatic N) is 2. The highest BCUT2D eigenvalue weighted by Crippen LogP contribution is 2.47. The van der Waals surface area contributed by atoms with E-state index in [0.29, 0.717) is 30.6 Å². The maximum Gasteiger partial charge on any atom is 0.310 e. The van der Waals surface area contributed by atoms with Gasteiger partial charge in [0.1, 0.15) is 5.82 Å². The van der Waals surface area contributed by atoms with Crippen molar-refractivity contribution in [3.8, 4) is 0 Å². The summed E-state index contributed by atoms with van der Waals surface area (Å²) in [5, 5.41) is 2.87. The molecule has 1 aromatic rings. The van der Waals surface area contributed by atoms with Crippen LogP contribution < -0.4 is 5.32 Å². The smallest absolute Gasteiger partial charge is 0.310 e. The lowest BCUT2D eigenvalue weighted by Crippen LogP contribution is -2.51. The van der Waals surface area contributed by atoms with Gasteiger partial charge in [-0.25, -0.2) is 4.39 Å². The first-order chi connectivity index (χ1) is 16.0. The van der Waals surface area contributed by atoms with Crippen LogP contribution in [0, 0.1) is 11.7 Å². The number of nitrogens with one attached hydrogen (secondary N) is 1. The molecule has 1 N–H and O–H groups in total. The highest BCUT2D eigenvalue weighted by atomic mass is 32.1. The van der Waals surface area contributed by atoms with E-state index in [1.165, 1.54) is 19.2 Å². The van der Waals surface area contributed by atoms with Crippen molar-refractivity contribution in [3.05, 3.63) is 35.6 Å². The number of esters is 1. The largest absolute Gasteiger partial charge is 0.469 e. The van der Waals surface area contributed by atoms with Crippen LogP contribution in [0.25, 0.3) is 0 Å². The Balaban J connectivity index is 1.63. The first-order valence-electron chi connectivity index (χ1n) is 11.8. The fourth-order valence-electron chi connectivity index (χ4n) is 5.51. The van der Waals surface area contributed by atoms with Crippen LogP contribution in [-0.4, -0.2) is 85.1 Å². The van der Waals surface area contributed by atoms with E-state index in [0.717, 1.165) is 50.9 Å². The summed E-state index contributed by atoms with van der Waals surface area (Å²) in [5.74, 6) is 0.671. The lowest BCUT2D eigenvalue weighted by molar-refractivity contribution is -0.150. The number of halogens is 1. The van der Waals surface area contributed by atoms with Gasteiger partial charge in [-0.15, -0.1) is 0 Å². The number of amides is 1. The minimum atomic E-state index is -0.265. The van der Waals surface area contributed by atoms with E-state index in [1.54, 1.807) is 12.1 Å². The van der Waals surface area contributed by atoms with Gasteiger partial charge in [0.05, 0.1) is 19.6 Å². The van der Waals surface area contributed by atoms with Crippen LogP contribution in [0.1, 0.15) is 37.2 Å². The lowest BCUT2D eigenvalue weighted by atomic mass is 9.76. The molecule has 0 unspecified atom stereocenters. The molecule has 0 spiro atoms. The first kappa shape index (κ1) is 26.3. The van der Waals surface area contributed by atoms with Gasteiger partial charge in [-0.05, 0) is 56.5 Å². The zero-order valence-corrected chi connectivity index (χ0v) is 21.1. The highest BCUT2D eigenvalue weighted by molar-refractivity contribution is 7.80. The molecule has 3 rings (SSSR count). The van der Waals surface area contributed by atoms with E-state index in [2.05, 4.69) is 40.4 Å². The fraction of sp³-hybridized carbons (Fsp3) is 0.667. The van der Waals surface area contributed by atoms with E-state index in [9.17, 15) is 14.0 Å².